The number of sulfonamides is 1. The number of rotatable bonds is 6. The molecule has 0 aliphatic rings. The van der Waals surface area contributed by atoms with E-state index < -0.39 is 10.0 Å². The first-order valence-electron chi connectivity index (χ1n) is 8.26. The van der Waals surface area contributed by atoms with E-state index in [9.17, 15) is 8.42 Å². The van der Waals surface area contributed by atoms with E-state index in [-0.39, 0.29) is 10.8 Å². The third-order valence-corrected chi connectivity index (χ3v) is 7.59. The van der Waals surface area contributed by atoms with Crippen molar-refractivity contribution >= 4 is 41.9 Å². The van der Waals surface area contributed by atoms with Gasteiger partial charge in [-0.3, -0.25) is 0 Å². The van der Waals surface area contributed by atoms with Gasteiger partial charge >= 0.3 is 0 Å². The van der Waals surface area contributed by atoms with Crippen molar-refractivity contribution < 1.29 is 12.8 Å². The highest BCUT2D eigenvalue weighted by Gasteiger charge is 2.25. The third-order valence-electron chi connectivity index (χ3n) is 4.02. The Hall–Kier alpha value is -1.55. The van der Waals surface area contributed by atoms with Crippen LogP contribution in [0, 0.1) is 0 Å². The first kappa shape index (κ1) is 20.2. The van der Waals surface area contributed by atoms with Crippen molar-refractivity contribution in [2.24, 2.45) is 0 Å². The van der Waals surface area contributed by atoms with Crippen molar-refractivity contribution in [3.63, 3.8) is 0 Å². The quantitative estimate of drug-likeness (QED) is 0.464. The monoisotopic (exact) mass is 513 g/mol. The maximum atomic E-state index is 12.9. The molecule has 0 aliphatic carbocycles. The molecule has 0 radical (unpaired) electrons. The minimum absolute atomic E-state index is 0.173. The average molecular weight is 515 g/mol. The first-order valence-corrected chi connectivity index (χ1v) is 11.3. The fourth-order valence-corrected chi connectivity index (χ4v) is 5.26. The van der Waals surface area contributed by atoms with Gasteiger partial charge in [0.05, 0.1) is 4.90 Å². The minimum atomic E-state index is -3.62. The van der Waals surface area contributed by atoms with Gasteiger partial charge in [0.25, 0.3) is 0 Å². The zero-order chi connectivity index (χ0) is 19.6. The smallest absolute Gasteiger partial charge is 0.248 e. The third kappa shape index (κ3) is 4.16. The first-order chi connectivity index (χ1) is 12.9. The maximum absolute atomic E-state index is 12.9. The normalized spacial score (nSPS) is 11.9. The molecule has 0 saturated heterocycles. The Morgan fingerprint density at radius 2 is 1.48 bits per heavy atom. The largest absolute Gasteiger partial charge is 0.416 e. The molecule has 0 spiro atoms. The van der Waals surface area contributed by atoms with Crippen LogP contribution in [0.4, 0.5) is 0 Å². The second-order valence-corrected chi connectivity index (χ2v) is 9.33. The summed E-state index contributed by atoms with van der Waals surface area (Å²) in [4.78, 5) is 0.173. The topological polar surface area (TPSA) is 76.3 Å². The average Bonchev–Trinajstić information content (AvgIpc) is 3.13. The SMILES string of the molecule is CCN(CC)S(=O)(=O)c1cc(-c2nnc(-c3ccc(Br)cc3)o2)ccc1Br. The van der Waals surface area contributed by atoms with Crippen LogP contribution in [-0.2, 0) is 10.0 Å². The fourth-order valence-electron chi connectivity index (χ4n) is 2.59. The lowest BCUT2D eigenvalue weighted by Crippen LogP contribution is -2.30. The summed E-state index contributed by atoms with van der Waals surface area (Å²) < 4.78 is 34.4. The van der Waals surface area contributed by atoms with Gasteiger partial charge < -0.3 is 4.42 Å². The predicted octanol–water partition coefficient (Wildman–Crippen LogP) is 4.96. The van der Waals surface area contributed by atoms with Gasteiger partial charge in [0.15, 0.2) is 0 Å². The summed E-state index contributed by atoms with van der Waals surface area (Å²) in [5.41, 5.74) is 1.32. The van der Waals surface area contributed by atoms with Crippen LogP contribution >= 0.6 is 31.9 Å². The van der Waals surface area contributed by atoms with E-state index in [0.717, 1.165) is 10.0 Å². The highest BCUT2D eigenvalue weighted by Crippen LogP contribution is 2.31. The number of aromatic nitrogens is 2. The molecule has 27 heavy (non-hydrogen) atoms. The summed E-state index contributed by atoms with van der Waals surface area (Å²) in [6.07, 6.45) is 0. The number of hydrogen-bond acceptors (Lipinski definition) is 5. The molecule has 1 aromatic heterocycles. The lowest BCUT2D eigenvalue weighted by Gasteiger charge is -2.19. The Bertz CT molecular complexity index is 1050. The van der Waals surface area contributed by atoms with Crippen molar-refractivity contribution in [1.29, 1.82) is 0 Å². The lowest BCUT2D eigenvalue weighted by atomic mass is 10.2. The van der Waals surface area contributed by atoms with Crippen molar-refractivity contribution in [1.82, 2.24) is 14.5 Å². The van der Waals surface area contributed by atoms with Crippen LogP contribution in [0.1, 0.15) is 13.8 Å². The van der Waals surface area contributed by atoms with Gasteiger partial charge in [-0.1, -0.05) is 29.8 Å². The van der Waals surface area contributed by atoms with E-state index in [4.69, 9.17) is 4.42 Å². The molecule has 3 rings (SSSR count). The minimum Gasteiger partial charge on any atom is -0.416 e. The van der Waals surface area contributed by atoms with Crippen molar-refractivity contribution in [2.75, 3.05) is 13.1 Å². The van der Waals surface area contributed by atoms with Crippen LogP contribution in [0.3, 0.4) is 0 Å². The number of hydrogen-bond donors (Lipinski definition) is 0. The highest BCUT2D eigenvalue weighted by atomic mass is 79.9. The van der Waals surface area contributed by atoms with E-state index in [0.29, 0.717) is 29.0 Å². The van der Waals surface area contributed by atoms with E-state index in [1.54, 1.807) is 32.0 Å². The van der Waals surface area contributed by atoms with Gasteiger partial charge in [0, 0.05) is 33.2 Å². The van der Waals surface area contributed by atoms with Crippen LogP contribution in [0.2, 0.25) is 0 Å². The van der Waals surface area contributed by atoms with Crippen LogP contribution in [0.25, 0.3) is 22.9 Å². The Morgan fingerprint density at radius 1 is 0.926 bits per heavy atom. The molecule has 142 valence electrons. The summed E-state index contributed by atoms with van der Waals surface area (Å²) in [7, 11) is -3.62. The van der Waals surface area contributed by atoms with Crippen LogP contribution in [0.5, 0.6) is 0 Å². The van der Waals surface area contributed by atoms with Gasteiger partial charge in [-0.05, 0) is 58.4 Å². The van der Waals surface area contributed by atoms with E-state index in [1.807, 2.05) is 24.3 Å². The molecule has 1 heterocycles. The van der Waals surface area contributed by atoms with Crippen LogP contribution < -0.4 is 0 Å². The Kier molecular flexibility index (Phi) is 6.15. The number of nitrogens with zero attached hydrogens (tertiary/aromatic N) is 3. The summed E-state index contributed by atoms with van der Waals surface area (Å²) in [5.74, 6) is 0.630. The Labute approximate surface area is 174 Å². The summed E-state index contributed by atoms with van der Waals surface area (Å²) in [6.45, 7) is 4.40. The fraction of sp³-hybridized carbons (Fsp3) is 0.222. The molecule has 0 amide bonds. The van der Waals surface area contributed by atoms with Gasteiger partial charge in [0.1, 0.15) is 0 Å². The molecule has 0 unspecified atom stereocenters. The molecule has 0 atom stereocenters. The van der Waals surface area contributed by atoms with Crippen LogP contribution in [0.15, 0.2) is 60.7 Å². The van der Waals surface area contributed by atoms with E-state index in [1.165, 1.54) is 4.31 Å². The second-order valence-electron chi connectivity index (χ2n) is 5.65. The van der Waals surface area contributed by atoms with Crippen molar-refractivity contribution in [2.45, 2.75) is 18.7 Å². The zero-order valence-electron chi connectivity index (χ0n) is 14.7. The van der Waals surface area contributed by atoms with Gasteiger partial charge in [-0.25, -0.2) is 8.42 Å². The van der Waals surface area contributed by atoms with Crippen LogP contribution in [-0.4, -0.2) is 36.0 Å². The molecule has 3 aromatic rings. The molecule has 2 aromatic carbocycles. The molecule has 6 nitrogen and oxygen atoms in total. The number of halogens is 2. The standard InChI is InChI=1S/C18H17Br2N3O3S/c1-3-23(4-2)27(24,25)16-11-13(7-10-15(16)20)18-22-21-17(26-18)12-5-8-14(19)9-6-12/h5-11H,3-4H2,1-2H3. The van der Waals surface area contributed by atoms with Crippen molar-refractivity contribution in [3.05, 3.63) is 51.4 Å². The Balaban J connectivity index is 2.01. The predicted molar refractivity (Wildman–Crippen MR) is 111 cm³/mol. The summed E-state index contributed by atoms with van der Waals surface area (Å²) >= 11 is 6.72. The molecule has 0 N–H and O–H groups in total. The maximum Gasteiger partial charge on any atom is 0.248 e. The van der Waals surface area contributed by atoms with E-state index >= 15 is 0 Å². The van der Waals surface area contributed by atoms with Gasteiger partial charge in [0.2, 0.25) is 21.8 Å². The molecular weight excluding hydrogens is 498 g/mol. The van der Waals surface area contributed by atoms with Gasteiger partial charge in [-0.15, -0.1) is 10.2 Å². The molecular formula is C18H17Br2N3O3S. The molecule has 0 saturated carbocycles. The molecule has 0 bridgehead atoms. The Morgan fingerprint density at radius 3 is 2.07 bits per heavy atom. The summed E-state index contributed by atoms with van der Waals surface area (Å²) in [6, 6.07) is 12.5. The van der Waals surface area contributed by atoms with Crippen molar-refractivity contribution in [3.8, 4) is 22.9 Å². The molecule has 9 heteroatoms. The molecule has 0 aliphatic heterocycles. The second kappa shape index (κ2) is 8.22. The zero-order valence-corrected chi connectivity index (χ0v) is 18.7. The number of benzene rings is 2. The highest BCUT2D eigenvalue weighted by molar-refractivity contribution is 9.10. The van der Waals surface area contributed by atoms with Gasteiger partial charge in [-0.2, -0.15) is 4.31 Å². The summed E-state index contributed by atoms with van der Waals surface area (Å²) in [5, 5.41) is 8.14. The molecule has 0 fully saturated rings. The van der Waals surface area contributed by atoms with E-state index in [2.05, 4.69) is 42.1 Å². The lowest BCUT2D eigenvalue weighted by molar-refractivity contribution is 0.445.